The normalized spacial score (nSPS) is 11.7. The van der Waals surface area contributed by atoms with Crippen LogP contribution in [-0.4, -0.2) is 31.0 Å². The van der Waals surface area contributed by atoms with Crippen LogP contribution in [0.25, 0.3) is 53.1 Å². The number of benzene rings is 4. The Labute approximate surface area is 331 Å². The molecule has 0 aliphatic rings. The number of fused-ring (bicyclic) bond motifs is 2. The Hall–Kier alpha value is -7.10. The lowest BCUT2D eigenvalue weighted by atomic mass is 10.1. The lowest BCUT2D eigenvalue weighted by Gasteiger charge is -2.08. The minimum atomic E-state index is -4.57. The molecule has 9 rings (SSSR count). The largest absolute Gasteiger partial charge is 0.451 e. The highest BCUT2D eigenvalue weighted by Crippen LogP contribution is 2.38. The van der Waals surface area contributed by atoms with E-state index in [4.69, 9.17) is 11.6 Å². The molecule has 0 bridgehead atoms. The first-order chi connectivity index (χ1) is 27.7. The van der Waals surface area contributed by atoms with Gasteiger partial charge in [0.2, 0.25) is 5.82 Å². The van der Waals surface area contributed by atoms with Gasteiger partial charge in [-0.1, -0.05) is 84.9 Å². The third-order valence-electron chi connectivity index (χ3n) is 8.80. The van der Waals surface area contributed by atoms with Crippen LogP contribution in [0.15, 0.2) is 151 Å². The quantitative estimate of drug-likeness (QED) is 0.0440. The Kier molecular flexibility index (Phi) is 10.3. The topological polar surface area (TPSA) is 156 Å². The zero-order valence-electron chi connectivity index (χ0n) is 29.7. The summed E-state index contributed by atoms with van der Waals surface area (Å²) in [5, 5.41) is 17.9. The van der Waals surface area contributed by atoms with E-state index >= 15 is 0 Å². The van der Waals surface area contributed by atoms with Crippen LogP contribution in [0, 0.1) is 0 Å². The fraction of sp³-hybridized carbons (Fsp3) is 0.0238. The molecule has 0 aliphatic heterocycles. The number of anilines is 4. The number of aromatic amines is 1. The maximum Gasteiger partial charge on any atom is 0.451 e. The van der Waals surface area contributed by atoms with Gasteiger partial charge >= 0.3 is 6.18 Å². The lowest BCUT2D eigenvalue weighted by molar-refractivity contribution is -0.144. The molecule has 0 fully saturated rings. The van der Waals surface area contributed by atoms with Crippen LogP contribution in [-0.2, 0) is 6.18 Å². The van der Waals surface area contributed by atoms with Gasteiger partial charge in [-0.25, -0.2) is 4.98 Å². The van der Waals surface area contributed by atoms with Gasteiger partial charge in [-0.15, -0.1) is 22.7 Å². The molecule has 0 atom stereocenters. The van der Waals surface area contributed by atoms with Gasteiger partial charge in [0.25, 0.3) is 0 Å². The minimum absolute atomic E-state index is 0.00619. The highest BCUT2D eigenvalue weighted by molar-refractivity contribution is 7.22. The third kappa shape index (κ3) is 8.29. The smallest absolute Gasteiger partial charge is 0.381 e. The van der Waals surface area contributed by atoms with Crippen molar-refractivity contribution in [2.45, 2.75) is 6.18 Å². The molecule has 9 aromatic rings. The fourth-order valence-corrected chi connectivity index (χ4v) is 7.94. The molecule has 5 aromatic heterocycles. The van der Waals surface area contributed by atoms with Crippen molar-refractivity contribution >= 4 is 71.4 Å². The van der Waals surface area contributed by atoms with Crippen LogP contribution in [0.1, 0.15) is 10.7 Å². The van der Waals surface area contributed by atoms with Crippen LogP contribution in [0.2, 0.25) is 0 Å². The number of amidine groups is 1. The van der Waals surface area contributed by atoms with E-state index in [-0.39, 0.29) is 5.82 Å². The number of nitrogens with zero attached hydrogens (tertiary/aromatic N) is 5. The third-order valence-corrected chi connectivity index (χ3v) is 11.0. The van der Waals surface area contributed by atoms with E-state index in [0.717, 1.165) is 58.9 Å². The molecule has 15 heteroatoms. The number of thiophene rings is 2. The van der Waals surface area contributed by atoms with Crippen LogP contribution in [0.5, 0.6) is 0 Å². The van der Waals surface area contributed by atoms with Crippen LogP contribution in [0.3, 0.4) is 0 Å². The maximum absolute atomic E-state index is 12.8. The molecular formula is C42H31F3N10S2. The number of halogens is 3. The Morgan fingerprint density at radius 1 is 0.632 bits per heavy atom. The molecule has 282 valence electrons. The molecule has 0 radical (unpaired) electrons. The monoisotopic (exact) mass is 796 g/mol. The van der Waals surface area contributed by atoms with Crippen molar-refractivity contribution in [2.75, 3.05) is 10.6 Å². The maximum atomic E-state index is 12.8. The number of hydrazone groups is 1. The number of nitrogens with two attached hydrogens (primary N) is 2. The molecule has 0 saturated heterocycles. The van der Waals surface area contributed by atoms with Gasteiger partial charge in [-0.2, -0.15) is 23.4 Å². The summed E-state index contributed by atoms with van der Waals surface area (Å²) < 4.78 is 40.3. The van der Waals surface area contributed by atoms with E-state index in [1.165, 1.54) is 33.8 Å². The van der Waals surface area contributed by atoms with Gasteiger partial charge in [0.05, 0.1) is 42.9 Å². The Morgan fingerprint density at radius 2 is 1.12 bits per heavy atom. The summed E-state index contributed by atoms with van der Waals surface area (Å²) in [4.78, 5) is 13.5. The van der Waals surface area contributed by atoms with Crippen LogP contribution in [0.4, 0.5) is 35.9 Å². The number of hydrogen-bond acceptors (Lipinski definition) is 10. The van der Waals surface area contributed by atoms with Crippen molar-refractivity contribution in [1.29, 1.82) is 0 Å². The first kappa shape index (κ1) is 36.9. The van der Waals surface area contributed by atoms with Gasteiger partial charge in [-0.3, -0.25) is 15.1 Å². The molecule has 10 nitrogen and oxygen atoms in total. The molecular weight excluding hydrogens is 766 g/mol. The highest BCUT2D eigenvalue weighted by atomic mass is 32.1. The zero-order valence-corrected chi connectivity index (χ0v) is 31.3. The highest BCUT2D eigenvalue weighted by Gasteiger charge is 2.35. The van der Waals surface area contributed by atoms with Crippen molar-refractivity contribution in [3.05, 3.63) is 157 Å². The summed E-state index contributed by atoms with van der Waals surface area (Å²) in [6.07, 6.45) is 2.41. The molecule has 7 N–H and O–H groups in total. The van der Waals surface area contributed by atoms with E-state index in [1.807, 2.05) is 90.2 Å². The SMILES string of the molecule is FC(F)(F)c1nc(-c2cc3c(Nc4ccc(-c5ccccc5)cc4)cncc3s2)n[nH]1.N/N=C(\N)c1cc2c(Nc3ccc(-c4ccccc4)cc3)cncc2s1. The second-order valence-corrected chi connectivity index (χ2v) is 14.7. The zero-order chi connectivity index (χ0) is 39.4. The first-order valence-corrected chi connectivity index (χ1v) is 19.0. The van der Waals surface area contributed by atoms with Gasteiger partial charge in [-0.05, 0) is 58.7 Å². The van der Waals surface area contributed by atoms with Crippen LogP contribution < -0.4 is 22.2 Å². The summed E-state index contributed by atoms with van der Waals surface area (Å²) in [5.41, 5.74) is 14.0. The van der Waals surface area contributed by atoms with Gasteiger partial charge in [0.15, 0.2) is 11.7 Å². The van der Waals surface area contributed by atoms with E-state index in [2.05, 4.69) is 72.2 Å². The van der Waals surface area contributed by atoms with Crippen molar-refractivity contribution in [2.24, 2.45) is 16.7 Å². The van der Waals surface area contributed by atoms with Crippen molar-refractivity contribution in [1.82, 2.24) is 25.1 Å². The Balaban J connectivity index is 0.000000162. The summed E-state index contributed by atoms with van der Waals surface area (Å²) in [7, 11) is 0. The summed E-state index contributed by atoms with van der Waals surface area (Å²) in [5.74, 6) is 4.50. The molecule has 4 aromatic carbocycles. The average molecular weight is 797 g/mol. The summed E-state index contributed by atoms with van der Waals surface area (Å²) in [6, 6.07) is 40.4. The number of rotatable bonds is 8. The Morgan fingerprint density at radius 3 is 1.61 bits per heavy atom. The molecule has 0 saturated carbocycles. The minimum Gasteiger partial charge on any atom is -0.381 e. The first-order valence-electron chi connectivity index (χ1n) is 17.4. The van der Waals surface area contributed by atoms with Crippen molar-refractivity contribution < 1.29 is 13.2 Å². The number of nitrogens with one attached hydrogen (secondary N) is 3. The second kappa shape index (κ2) is 15.9. The average Bonchev–Trinajstić information content (AvgIpc) is 4.02. The van der Waals surface area contributed by atoms with Gasteiger partial charge in [0, 0.05) is 34.5 Å². The number of pyridine rings is 2. The number of hydrogen-bond donors (Lipinski definition) is 5. The van der Waals surface area contributed by atoms with E-state index < -0.39 is 12.0 Å². The second-order valence-electron chi connectivity index (χ2n) is 12.6. The van der Waals surface area contributed by atoms with Crippen LogP contribution >= 0.6 is 22.7 Å². The van der Waals surface area contributed by atoms with Crippen molar-refractivity contribution in [3.63, 3.8) is 0 Å². The fourth-order valence-electron chi connectivity index (χ4n) is 5.98. The van der Waals surface area contributed by atoms with Gasteiger partial charge < -0.3 is 22.2 Å². The molecule has 0 spiro atoms. The number of alkyl halides is 3. The molecule has 0 aliphatic carbocycles. The summed E-state index contributed by atoms with van der Waals surface area (Å²) >= 11 is 2.80. The predicted octanol–water partition coefficient (Wildman–Crippen LogP) is 10.8. The van der Waals surface area contributed by atoms with Gasteiger partial charge in [0.1, 0.15) is 0 Å². The standard InChI is InChI=1S/C22H14F3N5S.C20H17N5S/c23-22(24,25)21-28-20(29-30-21)18-10-16-17(11-26-12-19(16)31-18)27-15-8-6-14(7-9-15)13-4-2-1-3-5-13;21-20(25-22)18-10-16-17(11-23-12-19(16)26-18)24-15-8-6-14(7-9-15)13-4-2-1-3-5-13/h1-12,27H,(H,28,29,30);1-12,24H,22H2,(H2,21,25). The van der Waals surface area contributed by atoms with E-state index in [0.29, 0.717) is 10.7 Å². The van der Waals surface area contributed by atoms with E-state index in [1.54, 1.807) is 24.7 Å². The molecule has 0 amide bonds. The molecule has 5 heterocycles. The van der Waals surface area contributed by atoms with Crippen molar-refractivity contribution in [3.8, 4) is 33.0 Å². The molecule has 0 unspecified atom stereocenters. The number of H-pyrrole nitrogens is 1. The summed E-state index contributed by atoms with van der Waals surface area (Å²) in [6.45, 7) is 0. The Bertz CT molecular complexity index is 2800. The lowest BCUT2D eigenvalue weighted by Crippen LogP contribution is -2.13. The molecule has 57 heavy (non-hydrogen) atoms. The predicted molar refractivity (Wildman–Crippen MR) is 225 cm³/mol. The van der Waals surface area contributed by atoms with E-state index in [9.17, 15) is 13.2 Å². The number of aromatic nitrogens is 5.